The summed E-state index contributed by atoms with van der Waals surface area (Å²) in [6, 6.07) is 0.113. The molecule has 1 aromatic heterocycles. The minimum absolute atomic E-state index is 0.0305. The van der Waals surface area contributed by atoms with Crippen molar-refractivity contribution < 1.29 is 9.90 Å². The lowest BCUT2D eigenvalue weighted by Gasteiger charge is -2.24. The number of carbonyl (C=O) groups is 1. The predicted molar refractivity (Wildman–Crippen MR) is 77.4 cm³/mol. The van der Waals surface area contributed by atoms with Gasteiger partial charge in [0.1, 0.15) is 0 Å². The molecule has 0 aliphatic heterocycles. The van der Waals surface area contributed by atoms with Gasteiger partial charge in [0, 0.05) is 29.8 Å². The Balaban J connectivity index is 1.96. The third-order valence-electron chi connectivity index (χ3n) is 4.36. The van der Waals surface area contributed by atoms with Gasteiger partial charge in [-0.1, -0.05) is 19.3 Å². The highest BCUT2D eigenvalue weighted by Gasteiger charge is 2.25. The summed E-state index contributed by atoms with van der Waals surface area (Å²) in [5, 5.41) is 19.6. The predicted octanol–water partition coefficient (Wildman–Crippen LogP) is 1.63. The maximum absolute atomic E-state index is 12.2. The molecular weight excluding hydrogens is 254 g/mol. The van der Waals surface area contributed by atoms with Crippen LogP contribution in [0, 0.1) is 19.8 Å². The Bertz CT molecular complexity index is 436. The zero-order valence-electron chi connectivity index (χ0n) is 12.4. The number of carbonyl (C=O) groups excluding carboxylic acids is 1. The quantitative estimate of drug-likeness (QED) is 0.733. The van der Waals surface area contributed by atoms with Gasteiger partial charge >= 0.3 is 0 Å². The molecule has 0 aromatic carbocycles. The van der Waals surface area contributed by atoms with Gasteiger partial charge in [0.15, 0.2) is 0 Å². The van der Waals surface area contributed by atoms with Crippen LogP contribution in [-0.4, -0.2) is 33.9 Å². The Kier molecular flexibility index (Phi) is 5.17. The summed E-state index contributed by atoms with van der Waals surface area (Å²) >= 11 is 0. The van der Waals surface area contributed by atoms with Crippen molar-refractivity contribution in [3.8, 4) is 0 Å². The van der Waals surface area contributed by atoms with Crippen molar-refractivity contribution in [1.29, 1.82) is 0 Å². The number of aliphatic hydroxyl groups excluding tert-OH is 1. The molecule has 3 N–H and O–H groups in total. The van der Waals surface area contributed by atoms with Crippen molar-refractivity contribution in [2.24, 2.45) is 5.92 Å². The van der Waals surface area contributed by atoms with Crippen molar-refractivity contribution in [3.05, 3.63) is 17.0 Å². The molecule has 1 amide bonds. The molecule has 5 heteroatoms. The van der Waals surface area contributed by atoms with Gasteiger partial charge in [-0.3, -0.25) is 9.89 Å². The van der Waals surface area contributed by atoms with Crippen LogP contribution in [-0.2, 0) is 11.2 Å². The molecule has 2 atom stereocenters. The Morgan fingerprint density at radius 2 is 2.10 bits per heavy atom. The number of aromatic nitrogens is 2. The summed E-state index contributed by atoms with van der Waals surface area (Å²) in [5.41, 5.74) is 2.83. The second kappa shape index (κ2) is 6.88. The maximum Gasteiger partial charge on any atom is 0.224 e. The SMILES string of the molecule is Cc1n[nH]c(C)c1CC(=O)N[C@H]1CCCCC[C@H]1CO. The molecule has 5 nitrogen and oxygen atoms in total. The van der Waals surface area contributed by atoms with Gasteiger partial charge in [0.2, 0.25) is 5.91 Å². The van der Waals surface area contributed by atoms with E-state index >= 15 is 0 Å². The van der Waals surface area contributed by atoms with Gasteiger partial charge in [-0.2, -0.15) is 5.10 Å². The van der Waals surface area contributed by atoms with Crippen LogP contribution in [0.25, 0.3) is 0 Å². The lowest BCUT2D eigenvalue weighted by atomic mass is 9.95. The number of H-pyrrole nitrogens is 1. The number of hydrogen-bond donors (Lipinski definition) is 3. The number of amides is 1. The van der Waals surface area contributed by atoms with Crippen molar-refractivity contribution in [1.82, 2.24) is 15.5 Å². The summed E-state index contributed by atoms with van der Waals surface area (Å²) in [4.78, 5) is 12.2. The summed E-state index contributed by atoms with van der Waals surface area (Å²) in [5.74, 6) is 0.232. The molecule has 0 radical (unpaired) electrons. The molecule has 20 heavy (non-hydrogen) atoms. The number of nitrogens with one attached hydrogen (secondary N) is 2. The fourth-order valence-corrected chi connectivity index (χ4v) is 3.05. The summed E-state index contributed by atoms with van der Waals surface area (Å²) in [7, 11) is 0. The second-order valence-corrected chi connectivity index (χ2v) is 5.84. The lowest BCUT2D eigenvalue weighted by Crippen LogP contribution is -2.41. The van der Waals surface area contributed by atoms with Crippen LogP contribution in [0.15, 0.2) is 0 Å². The van der Waals surface area contributed by atoms with Gasteiger partial charge in [0.05, 0.1) is 12.1 Å². The second-order valence-electron chi connectivity index (χ2n) is 5.84. The van der Waals surface area contributed by atoms with E-state index in [2.05, 4.69) is 15.5 Å². The lowest BCUT2D eigenvalue weighted by molar-refractivity contribution is -0.121. The van der Waals surface area contributed by atoms with E-state index in [1.54, 1.807) is 0 Å². The van der Waals surface area contributed by atoms with Gasteiger partial charge < -0.3 is 10.4 Å². The molecule has 1 fully saturated rings. The number of aromatic amines is 1. The van der Waals surface area contributed by atoms with Crippen molar-refractivity contribution >= 4 is 5.91 Å². The van der Waals surface area contributed by atoms with Crippen LogP contribution in [0.4, 0.5) is 0 Å². The number of hydrogen-bond acceptors (Lipinski definition) is 3. The minimum Gasteiger partial charge on any atom is -0.396 e. The number of nitrogens with zero attached hydrogens (tertiary/aromatic N) is 1. The molecule has 0 unspecified atom stereocenters. The van der Waals surface area contributed by atoms with Crippen molar-refractivity contribution in [2.45, 2.75) is 58.4 Å². The molecule has 0 spiro atoms. The molecule has 0 saturated heterocycles. The van der Waals surface area contributed by atoms with Crippen LogP contribution >= 0.6 is 0 Å². The zero-order chi connectivity index (χ0) is 14.5. The van der Waals surface area contributed by atoms with Crippen molar-refractivity contribution in [3.63, 3.8) is 0 Å². The normalized spacial score (nSPS) is 23.4. The molecular formula is C15H25N3O2. The molecule has 1 heterocycles. The fraction of sp³-hybridized carbons (Fsp3) is 0.733. The first-order valence-electron chi connectivity index (χ1n) is 7.52. The van der Waals surface area contributed by atoms with Crippen molar-refractivity contribution in [2.75, 3.05) is 6.61 Å². The Hall–Kier alpha value is -1.36. The first-order valence-corrected chi connectivity index (χ1v) is 7.52. The topological polar surface area (TPSA) is 78.0 Å². The smallest absolute Gasteiger partial charge is 0.224 e. The van der Waals surface area contributed by atoms with E-state index in [1.165, 1.54) is 6.42 Å². The molecule has 0 bridgehead atoms. The van der Waals surface area contributed by atoms with Gasteiger partial charge in [-0.25, -0.2) is 0 Å². The van der Waals surface area contributed by atoms with Crippen LogP contribution in [0.2, 0.25) is 0 Å². The molecule has 1 aliphatic rings. The highest BCUT2D eigenvalue weighted by atomic mass is 16.3. The van der Waals surface area contributed by atoms with Crippen LogP contribution in [0.3, 0.4) is 0 Å². The van der Waals surface area contributed by atoms with Gasteiger partial charge in [0.25, 0.3) is 0 Å². The summed E-state index contributed by atoms with van der Waals surface area (Å²) in [6.07, 6.45) is 5.82. The van der Waals surface area contributed by atoms with E-state index in [4.69, 9.17) is 0 Å². The fourth-order valence-electron chi connectivity index (χ4n) is 3.05. The van der Waals surface area contributed by atoms with E-state index in [-0.39, 0.29) is 24.5 Å². The van der Waals surface area contributed by atoms with Crippen LogP contribution in [0.5, 0.6) is 0 Å². The molecule has 1 aromatic rings. The average molecular weight is 279 g/mol. The standard InChI is InChI=1S/C15H25N3O2/c1-10-13(11(2)18-17-10)8-15(20)16-14-7-5-3-4-6-12(14)9-19/h12,14,19H,3-9H2,1-2H3,(H,16,20)(H,17,18)/t12-,14-/m0/s1. The first kappa shape index (κ1) is 15.0. The monoisotopic (exact) mass is 279 g/mol. The first-order chi connectivity index (χ1) is 9.61. The van der Waals surface area contributed by atoms with Gasteiger partial charge in [-0.05, 0) is 26.7 Å². The molecule has 1 saturated carbocycles. The van der Waals surface area contributed by atoms with E-state index in [0.717, 1.165) is 42.6 Å². The van der Waals surface area contributed by atoms with Crippen LogP contribution < -0.4 is 5.32 Å². The van der Waals surface area contributed by atoms with E-state index in [9.17, 15) is 9.90 Å². The molecule has 112 valence electrons. The highest BCUT2D eigenvalue weighted by molar-refractivity contribution is 5.79. The summed E-state index contributed by atoms with van der Waals surface area (Å²) < 4.78 is 0. The third-order valence-corrected chi connectivity index (χ3v) is 4.36. The number of aliphatic hydroxyl groups is 1. The molecule has 2 rings (SSSR count). The zero-order valence-corrected chi connectivity index (χ0v) is 12.4. The largest absolute Gasteiger partial charge is 0.396 e. The molecule has 1 aliphatic carbocycles. The summed E-state index contributed by atoms with van der Waals surface area (Å²) in [6.45, 7) is 4.01. The minimum atomic E-state index is 0.0305. The Labute approximate surface area is 120 Å². The van der Waals surface area contributed by atoms with E-state index in [1.807, 2.05) is 13.8 Å². The average Bonchev–Trinajstić information content (AvgIpc) is 2.65. The van der Waals surface area contributed by atoms with Crippen LogP contribution in [0.1, 0.15) is 49.1 Å². The van der Waals surface area contributed by atoms with E-state index < -0.39 is 0 Å². The maximum atomic E-state index is 12.2. The van der Waals surface area contributed by atoms with E-state index in [0.29, 0.717) is 6.42 Å². The highest BCUT2D eigenvalue weighted by Crippen LogP contribution is 2.23. The van der Waals surface area contributed by atoms with Gasteiger partial charge in [-0.15, -0.1) is 0 Å². The Morgan fingerprint density at radius 3 is 2.75 bits per heavy atom. The Morgan fingerprint density at radius 1 is 1.35 bits per heavy atom. The number of aryl methyl sites for hydroxylation is 2. The third kappa shape index (κ3) is 3.60. The number of rotatable bonds is 4.